The zero-order valence-electron chi connectivity index (χ0n) is 13.1. The molecule has 0 bridgehead atoms. The highest BCUT2D eigenvalue weighted by Crippen LogP contribution is 2.35. The lowest BCUT2D eigenvalue weighted by atomic mass is 10.1. The van der Waals surface area contributed by atoms with Crippen molar-refractivity contribution >= 4 is 45.6 Å². The molecule has 9 heteroatoms. The molecule has 126 valence electrons. The van der Waals surface area contributed by atoms with Crippen LogP contribution in [0.15, 0.2) is 18.2 Å². The second kappa shape index (κ2) is 6.74. The summed E-state index contributed by atoms with van der Waals surface area (Å²) in [5.74, 6) is -0.328. The minimum atomic E-state index is -0.467. The van der Waals surface area contributed by atoms with Crippen molar-refractivity contribution < 1.29 is 14.3 Å². The molecule has 0 unspecified atom stereocenters. The molecule has 1 aromatic heterocycles. The van der Waals surface area contributed by atoms with Crippen LogP contribution < -0.4 is 15.0 Å². The summed E-state index contributed by atoms with van der Waals surface area (Å²) in [4.78, 5) is 26.2. The molecule has 24 heavy (non-hydrogen) atoms. The standard InChI is InChI=1S/C15H15ClN4O3S/c1-8-18-19-15(24-8)17-14(22)9-5-13(21)20(7-9)11-6-10(16)3-4-12(11)23-2/h3-4,6,9H,5,7H2,1-2H3,(H,17,19,22)/t9-/m0/s1. The fourth-order valence-corrected chi connectivity index (χ4v) is 3.31. The Kier molecular flexibility index (Phi) is 4.68. The third kappa shape index (κ3) is 3.34. The van der Waals surface area contributed by atoms with Gasteiger partial charge in [-0.1, -0.05) is 22.9 Å². The van der Waals surface area contributed by atoms with Crippen LogP contribution in [0.3, 0.4) is 0 Å². The van der Waals surface area contributed by atoms with Crippen LogP contribution in [0.1, 0.15) is 11.4 Å². The molecule has 0 saturated carbocycles. The van der Waals surface area contributed by atoms with E-state index in [1.54, 1.807) is 25.1 Å². The van der Waals surface area contributed by atoms with Crippen molar-refractivity contribution in [3.05, 3.63) is 28.2 Å². The van der Waals surface area contributed by atoms with Crippen LogP contribution in [0.2, 0.25) is 5.02 Å². The number of halogens is 1. The van der Waals surface area contributed by atoms with E-state index in [4.69, 9.17) is 16.3 Å². The summed E-state index contributed by atoms with van der Waals surface area (Å²) in [7, 11) is 1.52. The summed E-state index contributed by atoms with van der Waals surface area (Å²) in [5, 5.41) is 12.1. The van der Waals surface area contributed by atoms with Crippen LogP contribution in [0, 0.1) is 12.8 Å². The number of rotatable bonds is 4. The van der Waals surface area contributed by atoms with Crippen molar-refractivity contribution in [2.24, 2.45) is 5.92 Å². The number of hydrogen-bond donors (Lipinski definition) is 1. The Morgan fingerprint density at radius 2 is 2.25 bits per heavy atom. The lowest BCUT2D eigenvalue weighted by Gasteiger charge is -2.19. The molecule has 0 radical (unpaired) electrons. The highest BCUT2D eigenvalue weighted by molar-refractivity contribution is 7.15. The summed E-state index contributed by atoms with van der Waals surface area (Å²) in [6, 6.07) is 5.04. The number of methoxy groups -OCH3 is 1. The molecule has 1 atom stereocenters. The zero-order chi connectivity index (χ0) is 17.3. The van der Waals surface area contributed by atoms with Gasteiger partial charge in [0.2, 0.25) is 16.9 Å². The second-order valence-corrected chi connectivity index (χ2v) is 6.96. The number of benzene rings is 1. The molecule has 1 saturated heterocycles. The minimum absolute atomic E-state index is 0.124. The monoisotopic (exact) mass is 366 g/mol. The molecule has 3 rings (SSSR count). The number of ether oxygens (including phenoxy) is 1. The van der Waals surface area contributed by atoms with Crippen molar-refractivity contribution in [3.63, 3.8) is 0 Å². The summed E-state index contributed by atoms with van der Waals surface area (Å²) < 4.78 is 5.29. The molecule has 2 aromatic rings. The molecule has 0 aliphatic carbocycles. The van der Waals surface area contributed by atoms with Gasteiger partial charge in [0.25, 0.3) is 0 Å². The summed E-state index contributed by atoms with van der Waals surface area (Å²) in [6.45, 7) is 2.07. The number of hydrogen-bond acceptors (Lipinski definition) is 6. The maximum atomic E-state index is 12.4. The first kappa shape index (κ1) is 16.7. The normalized spacial score (nSPS) is 17.2. The van der Waals surface area contributed by atoms with E-state index in [2.05, 4.69) is 15.5 Å². The molecule has 1 aromatic carbocycles. The Hall–Kier alpha value is -2.19. The Morgan fingerprint density at radius 3 is 2.92 bits per heavy atom. The largest absolute Gasteiger partial charge is 0.495 e. The molecule has 1 N–H and O–H groups in total. The second-order valence-electron chi connectivity index (χ2n) is 5.34. The molecule has 7 nitrogen and oxygen atoms in total. The smallest absolute Gasteiger partial charge is 0.231 e. The van der Waals surface area contributed by atoms with Crippen molar-refractivity contribution in [3.8, 4) is 5.75 Å². The van der Waals surface area contributed by atoms with E-state index in [9.17, 15) is 9.59 Å². The summed E-state index contributed by atoms with van der Waals surface area (Å²) >= 11 is 7.31. The maximum Gasteiger partial charge on any atom is 0.231 e. The van der Waals surface area contributed by atoms with Gasteiger partial charge in [-0.05, 0) is 25.1 Å². The summed E-state index contributed by atoms with van der Waals surface area (Å²) in [5.41, 5.74) is 0.567. The molecule has 1 aliphatic heterocycles. The topological polar surface area (TPSA) is 84.4 Å². The number of amides is 2. The van der Waals surface area contributed by atoms with E-state index in [1.807, 2.05) is 0 Å². The van der Waals surface area contributed by atoms with Gasteiger partial charge in [-0.15, -0.1) is 10.2 Å². The molecule has 2 amide bonds. The number of nitrogens with zero attached hydrogens (tertiary/aromatic N) is 3. The number of aryl methyl sites for hydroxylation is 1. The fraction of sp³-hybridized carbons (Fsp3) is 0.333. The van der Waals surface area contributed by atoms with E-state index in [-0.39, 0.29) is 24.8 Å². The fourth-order valence-electron chi connectivity index (χ4n) is 2.54. The molecular formula is C15H15ClN4O3S. The van der Waals surface area contributed by atoms with E-state index in [0.717, 1.165) is 5.01 Å². The highest BCUT2D eigenvalue weighted by atomic mass is 35.5. The van der Waals surface area contributed by atoms with E-state index < -0.39 is 5.92 Å². The van der Waals surface area contributed by atoms with Crippen molar-refractivity contribution in [1.82, 2.24) is 10.2 Å². The van der Waals surface area contributed by atoms with E-state index >= 15 is 0 Å². The van der Waals surface area contributed by atoms with Crippen LogP contribution in [-0.2, 0) is 9.59 Å². The first-order valence-electron chi connectivity index (χ1n) is 7.23. The van der Waals surface area contributed by atoms with Gasteiger partial charge in [0.1, 0.15) is 10.8 Å². The van der Waals surface area contributed by atoms with E-state index in [0.29, 0.717) is 21.6 Å². The van der Waals surface area contributed by atoms with Crippen LogP contribution in [0.4, 0.5) is 10.8 Å². The number of aromatic nitrogens is 2. The highest BCUT2D eigenvalue weighted by Gasteiger charge is 2.36. The predicted octanol–water partition coefficient (Wildman–Crippen LogP) is 2.50. The zero-order valence-corrected chi connectivity index (χ0v) is 14.6. The SMILES string of the molecule is COc1ccc(Cl)cc1N1C[C@@H](C(=O)Nc2nnc(C)s2)CC1=O. The van der Waals surface area contributed by atoms with Crippen LogP contribution in [0.5, 0.6) is 5.75 Å². The van der Waals surface area contributed by atoms with Gasteiger partial charge in [-0.3, -0.25) is 9.59 Å². The van der Waals surface area contributed by atoms with Crippen LogP contribution in [-0.4, -0.2) is 35.7 Å². The van der Waals surface area contributed by atoms with Crippen molar-refractivity contribution in [2.75, 3.05) is 23.9 Å². The Balaban J connectivity index is 1.76. The molecule has 1 aliphatic rings. The number of carbonyl (C=O) groups excluding carboxylic acids is 2. The lowest BCUT2D eigenvalue weighted by Crippen LogP contribution is -2.28. The van der Waals surface area contributed by atoms with Gasteiger partial charge in [-0.2, -0.15) is 0 Å². The van der Waals surface area contributed by atoms with Gasteiger partial charge < -0.3 is 15.0 Å². The van der Waals surface area contributed by atoms with Crippen molar-refractivity contribution in [2.45, 2.75) is 13.3 Å². The molecule has 0 spiro atoms. The number of nitrogens with one attached hydrogen (secondary N) is 1. The van der Waals surface area contributed by atoms with Crippen molar-refractivity contribution in [1.29, 1.82) is 0 Å². The van der Waals surface area contributed by atoms with Gasteiger partial charge in [-0.25, -0.2) is 0 Å². The van der Waals surface area contributed by atoms with Gasteiger partial charge in [0.15, 0.2) is 0 Å². The third-order valence-electron chi connectivity index (χ3n) is 3.68. The van der Waals surface area contributed by atoms with Gasteiger partial charge in [0, 0.05) is 18.0 Å². The quantitative estimate of drug-likeness (QED) is 0.898. The average Bonchev–Trinajstić information content (AvgIpc) is 3.13. The van der Waals surface area contributed by atoms with Gasteiger partial charge in [0.05, 0.1) is 18.7 Å². The Morgan fingerprint density at radius 1 is 1.46 bits per heavy atom. The lowest BCUT2D eigenvalue weighted by molar-refractivity contribution is -0.122. The van der Waals surface area contributed by atoms with Crippen LogP contribution >= 0.6 is 22.9 Å². The maximum absolute atomic E-state index is 12.4. The minimum Gasteiger partial charge on any atom is -0.495 e. The van der Waals surface area contributed by atoms with Gasteiger partial charge >= 0.3 is 0 Å². The molecular weight excluding hydrogens is 352 g/mol. The first-order valence-corrected chi connectivity index (χ1v) is 8.42. The molecule has 2 heterocycles. The Bertz CT molecular complexity index is 795. The molecule has 1 fully saturated rings. The third-order valence-corrected chi connectivity index (χ3v) is 4.67. The Labute approximate surface area is 147 Å². The van der Waals surface area contributed by atoms with Crippen LogP contribution in [0.25, 0.3) is 0 Å². The number of carbonyl (C=O) groups is 2. The predicted molar refractivity (Wildman–Crippen MR) is 91.7 cm³/mol. The summed E-state index contributed by atoms with van der Waals surface area (Å²) in [6.07, 6.45) is 0.124. The average molecular weight is 367 g/mol. The number of anilines is 2. The first-order chi connectivity index (χ1) is 11.5. The van der Waals surface area contributed by atoms with E-state index in [1.165, 1.54) is 23.3 Å².